The molecule has 0 spiro atoms. The Morgan fingerprint density at radius 2 is 1.41 bits per heavy atom. The van der Waals surface area contributed by atoms with Crippen LogP contribution in [0, 0.1) is 40.2 Å². The number of carbonyl (C=O) groups excluding carboxylic acids is 4. The molecule has 3 amide bonds. The van der Waals surface area contributed by atoms with Gasteiger partial charge in [0.2, 0.25) is 11.8 Å². The molecule has 4 N–H and O–H groups in total. The lowest BCUT2D eigenvalue weighted by atomic mass is 9.75. The van der Waals surface area contributed by atoms with Gasteiger partial charge >= 0.3 is 24.4 Å². The maximum Gasteiger partial charge on any atom is 0.407 e. The Morgan fingerprint density at radius 1 is 0.783 bits per heavy atom. The number of aliphatic hydroxyl groups excluding tert-OH is 1. The van der Waals surface area contributed by atoms with Crippen molar-refractivity contribution in [2.24, 2.45) is 16.7 Å². The van der Waals surface area contributed by atoms with Crippen molar-refractivity contribution in [3.05, 3.63) is 101 Å². The topological polar surface area (TPSA) is 202 Å². The molecule has 0 saturated carbocycles. The van der Waals surface area contributed by atoms with Gasteiger partial charge in [-0.25, -0.2) is 23.6 Å². The van der Waals surface area contributed by atoms with Crippen LogP contribution in [0.3, 0.4) is 0 Å². The Kier molecular flexibility index (Phi) is 19.1. The number of ether oxygens (including phenoxy) is 4. The molecule has 2 bridgehead atoms. The number of rotatable bonds is 20. The molecule has 0 radical (unpaired) electrons. The summed E-state index contributed by atoms with van der Waals surface area (Å²) in [7, 11) is 1.74. The summed E-state index contributed by atoms with van der Waals surface area (Å²) in [6, 6.07) is 10.5. The lowest BCUT2D eigenvalue weighted by molar-refractivity contribution is -0.231. The van der Waals surface area contributed by atoms with Gasteiger partial charge in [-0.15, -0.1) is 0 Å². The molecule has 4 aromatic rings. The van der Waals surface area contributed by atoms with Crippen molar-refractivity contribution in [2.75, 3.05) is 65.2 Å². The number of anilines is 1. The second-order valence-corrected chi connectivity index (χ2v) is 22.5. The Bertz CT molecular complexity index is 2980. The number of hydrogen-bond acceptors (Lipinski definition) is 14. The summed E-state index contributed by atoms with van der Waals surface area (Å²) in [5.74, 6) is -1.97. The number of amides is 3. The maximum atomic E-state index is 16.3. The van der Waals surface area contributed by atoms with Crippen LogP contribution in [0.5, 0.6) is 0 Å². The minimum absolute atomic E-state index is 0.0172. The number of halogens is 8. The van der Waals surface area contributed by atoms with Crippen molar-refractivity contribution < 1.29 is 78.4 Å². The van der Waals surface area contributed by atoms with E-state index in [4.69, 9.17) is 14.5 Å². The fourth-order valence-corrected chi connectivity index (χ4v) is 10.7. The number of hydrogen-bond donors (Lipinski definition) is 4. The van der Waals surface area contributed by atoms with Crippen LogP contribution in [0.4, 0.5) is 45.7 Å². The largest absolute Gasteiger partial charge is 0.469 e. The smallest absolute Gasteiger partial charge is 0.407 e. The molecule has 83 heavy (non-hydrogen) atoms. The van der Waals surface area contributed by atoms with E-state index in [9.17, 15) is 50.6 Å². The highest BCUT2D eigenvalue weighted by molar-refractivity contribution is 5.87. The maximum absolute atomic E-state index is 16.3. The van der Waals surface area contributed by atoms with Gasteiger partial charge in [0, 0.05) is 79.5 Å². The van der Waals surface area contributed by atoms with Crippen molar-refractivity contribution in [3.63, 3.8) is 0 Å². The third-order valence-corrected chi connectivity index (χ3v) is 16.2. The first-order valence-corrected chi connectivity index (χ1v) is 27.0. The van der Waals surface area contributed by atoms with Gasteiger partial charge in [0.1, 0.15) is 23.5 Å². The predicted octanol–water partition coefficient (Wildman–Crippen LogP) is 6.64. The van der Waals surface area contributed by atoms with Gasteiger partial charge in [0.25, 0.3) is 0 Å². The molecular formula is C57H67F8N9O9. The van der Waals surface area contributed by atoms with Crippen LogP contribution in [-0.2, 0) is 46.3 Å². The summed E-state index contributed by atoms with van der Waals surface area (Å²) in [4.78, 5) is 63.0. The van der Waals surface area contributed by atoms with Gasteiger partial charge in [-0.1, -0.05) is 37.8 Å². The number of aromatic nitrogens is 3. The molecule has 4 fully saturated rings. The SMILES string of the molecule is COC(=O)C[C@H](C(=O)NN(Cc1c(F)cc(-c2ccn([C@@H]3CCOC3)n2)cc1F)C[C@H](O)[C@H](Cc1ccc(C#Cc2ccc(N3CC4CCC(C3)N4C3COC3)nc2)cc1)NC(=O)[C@@H](NC(=O)OC)C(C)(C)C(F)(F)F)C(C)(C)C(F)(F)F. The fraction of sp³-hybridized carbons (Fsp3) is 0.544. The number of benzene rings is 2. The zero-order valence-corrected chi connectivity index (χ0v) is 46.6. The normalized spacial score (nSPS) is 20.1. The minimum Gasteiger partial charge on any atom is -0.469 e. The van der Waals surface area contributed by atoms with Crippen LogP contribution in [-0.4, -0.2) is 163 Å². The van der Waals surface area contributed by atoms with Gasteiger partial charge in [-0.05, 0) is 87.6 Å². The number of alkyl halides is 6. The van der Waals surface area contributed by atoms with Crippen molar-refractivity contribution in [1.29, 1.82) is 0 Å². The monoisotopic (exact) mass is 1170 g/mol. The second kappa shape index (κ2) is 25.5. The number of carbonyl (C=O) groups is 4. The molecule has 7 atom stereocenters. The Morgan fingerprint density at radius 3 is 1.96 bits per heavy atom. The Balaban J connectivity index is 1.08. The molecule has 26 heteroatoms. The number of pyridine rings is 1. The van der Waals surface area contributed by atoms with Crippen molar-refractivity contribution >= 4 is 29.7 Å². The first-order chi connectivity index (χ1) is 39.2. The van der Waals surface area contributed by atoms with E-state index in [0.29, 0.717) is 87.2 Å². The van der Waals surface area contributed by atoms with Gasteiger partial charge in [0.15, 0.2) is 0 Å². The number of methoxy groups -OCH3 is 2. The number of piperazine rings is 1. The molecule has 6 heterocycles. The van der Waals surface area contributed by atoms with Gasteiger partial charge in [0.05, 0.1) is 87.1 Å². The average Bonchev–Trinajstić information content (AvgIpc) is 3.52. The molecule has 450 valence electrons. The highest BCUT2D eigenvalue weighted by Crippen LogP contribution is 2.46. The number of esters is 1. The molecule has 18 nitrogen and oxygen atoms in total. The summed E-state index contributed by atoms with van der Waals surface area (Å²) in [6.45, 7) is 4.62. The zero-order valence-electron chi connectivity index (χ0n) is 46.6. The number of nitrogens with zero attached hydrogens (tertiary/aromatic N) is 6. The van der Waals surface area contributed by atoms with Crippen LogP contribution < -0.4 is 21.0 Å². The summed E-state index contributed by atoms with van der Waals surface area (Å²) < 4.78 is 142. The molecule has 4 aliphatic rings. The second-order valence-electron chi connectivity index (χ2n) is 22.5. The van der Waals surface area contributed by atoms with E-state index in [-0.39, 0.29) is 17.3 Å². The number of aliphatic hydroxyl groups is 1. The predicted molar refractivity (Wildman–Crippen MR) is 283 cm³/mol. The van der Waals surface area contributed by atoms with E-state index >= 15 is 8.78 Å². The van der Waals surface area contributed by atoms with Gasteiger partial charge in [-0.2, -0.15) is 31.4 Å². The first-order valence-electron chi connectivity index (χ1n) is 27.0. The van der Waals surface area contributed by atoms with E-state index in [1.165, 1.54) is 18.2 Å². The molecular weight excluding hydrogens is 1110 g/mol. The molecule has 8 rings (SSSR count). The lowest BCUT2D eigenvalue weighted by Gasteiger charge is -2.47. The number of nitrogens with one attached hydrogen (secondary N) is 3. The molecule has 2 aromatic carbocycles. The minimum atomic E-state index is -5.14. The average molecular weight is 1170 g/mol. The van der Waals surface area contributed by atoms with Crippen molar-refractivity contribution in [1.82, 2.24) is 40.7 Å². The van der Waals surface area contributed by atoms with Crippen LogP contribution in [0.25, 0.3) is 11.3 Å². The molecule has 4 saturated heterocycles. The molecule has 2 aromatic heterocycles. The van der Waals surface area contributed by atoms with Gasteiger partial charge < -0.3 is 39.6 Å². The van der Waals surface area contributed by atoms with Crippen LogP contribution >= 0.6 is 0 Å². The van der Waals surface area contributed by atoms with Crippen molar-refractivity contribution in [3.8, 4) is 23.1 Å². The zero-order chi connectivity index (χ0) is 60.2. The van der Waals surface area contributed by atoms with Crippen LogP contribution in [0.2, 0.25) is 0 Å². The number of alkyl carbamates (subject to hydrolysis) is 1. The van der Waals surface area contributed by atoms with Crippen LogP contribution in [0.1, 0.15) is 81.7 Å². The van der Waals surface area contributed by atoms with E-state index in [2.05, 4.69) is 47.0 Å². The quantitative estimate of drug-likeness (QED) is 0.0318. The fourth-order valence-electron chi connectivity index (χ4n) is 10.7. The molecule has 2 unspecified atom stereocenters. The van der Waals surface area contributed by atoms with Crippen LogP contribution in [0.15, 0.2) is 67.0 Å². The van der Waals surface area contributed by atoms with E-state index in [1.54, 1.807) is 29.2 Å². The highest BCUT2D eigenvalue weighted by atomic mass is 19.4. The Labute approximate surface area is 474 Å². The van der Waals surface area contributed by atoms with E-state index < -0.39 is 114 Å². The van der Waals surface area contributed by atoms with E-state index in [0.717, 1.165) is 71.3 Å². The summed E-state index contributed by atoms with van der Waals surface area (Å²) >= 11 is 0. The van der Waals surface area contributed by atoms with Crippen molar-refractivity contribution in [2.45, 2.75) is 121 Å². The summed E-state index contributed by atoms with van der Waals surface area (Å²) in [5, 5.41) is 21.5. The third-order valence-electron chi connectivity index (χ3n) is 16.2. The molecule has 0 aliphatic carbocycles. The van der Waals surface area contributed by atoms with E-state index in [1.807, 2.05) is 17.4 Å². The lowest BCUT2D eigenvalue weighted by Crippen LogP contribution is -2.62. The highest BCUT2D eigenvalue weighted by Gasteiger charge is 2.57. The summed E-state index contributed by atoms with van der Waals surface area (Å²) in [6.07, 6.45) is -9.15. The first kappa shape index (κ1) is 62.1. The summed E-state index contributed by atoms with van der Waals surface area (Å²) in [5.41, 5.74) is -2.96. The Hall–Kier alpha value is -6.92. The van der Waals surface area contributed by atoms with Gasteiger partial charge in [-0.3, -0.25) is 29.4 Å². The number of hydrazine groups is 1. The number of fused-ring (bicyclic) bond motifs is 2. The standard InChI is InChI=1S/C57H67F8N9O9/c1-54(2,56(60,61)62)42(24-49(76)80-5)51(77)70-72(28-41-43(58)22-36(23-44(41)59)45-17-19-73(69-45)39-18-20-82-30-39)29-47(75)46(67-52(78)50(68-53(79)81-6)55(3,4)57(63,64)65)21-34-10-7-33(8-11-34)9-12-35-13-16-48(66-25-35)71-26-37-14-15-38(27-71)74(37)40-31-83-32-40/h7-8,10-11,13,16-17,19,22-23,25,37-40,42,46-47,50,75H,14-15,18,20-21,24,26-32H2,1-6H3,(H,67,78)(H,68,79)(H,70,77)/t37?,38?,39-,42-,46+,47+,50-/m1/s1. The third kappa shape index (κ3) is 14.4. The molecule has 4 aliphatic heterocycles.